The van der Waals surface area contributed by atoms with Gasteiger partial charge in [-0.25, -0.2) is 9.59 Å². The predicted octanol–water partition coefficient (Wildman–Crippen LogP) is 2.46. The minimum Gasteiger partial charge on any atom is -0.480 e. The summed E-state index contributed by atoms with van der Waals surface area (Å²) < 4.78 is 0. The molecule has 2 atom stereocenters. The number of rotatable bonds is 6. The highest BCUT2D eigenvalue weighted by Gasteiger charge is 2.27. The van der Waals surface area contributed by atoms with Gasteiger partial charge in [-0.05, 0) is 37.9 Å². The summed E-state index contributed by atoms with van der Waals surface area (Å²) in [6, 6.07) is -1.00. The number of aliphatic carboxylic acids is 1. The summed E-state index contributed by atoms with van der Waals surface area (Å²) in [5.74, 6) is -1.05. The van der Waals surface area contributed by atoms with Gasteiger partial charge in [-0.2, -0.15) is 11.8 Å². The third kappa shape index (κ3) is 5.23. The molecule has 3 N–H and O–H groups in total. The lowest BCUT2D eigenvalue weighted by molar-refractivity contribution is -0.140. The number of urea groups is 1. The van der Waals surface area contributed by atoms with Crippen molar-refractivity contribution in [3.8, 4) is 0 Å². The molecular weight excluding hydrogens is 276 g/mol. The molecule has 1 saturated carbocycles. The third-order valence-corrected chi connectivity index (χ3v) is 5.25. The maximum atomic E-state index is 11.9. The predicted molar refractivity (Wildman–Crippen MR) is 82.1 cm³/mol. The Morgan fingerprint density at radius 3 is 2.35 bits per heavy atom. The molecule has 0 radical (unpaired) electrons. The lowest BCUT2D eigenvalue weighted by Gasteiger charge is -2.29. The van der Waals surface area contributed by atoms with E-state index < -0.39 is 12.0 Å². The Balaban J connectivity index is 2.40. The fraction of sp³-hybridized carbons (Fsp3) is 0.857. The SMILES string of the molecule is CC[C@H](C)[C@H](NC(=O)NC1CCC(SC)CC1)C(=O)O. The first-order valence-corrected chi connectivity index (χ1v) is 8.59. The molecule has 6 heteroatoms. The molecule has 0 saturated heterocycles. The normalized spacial score (nSPS) is 25.6. The van der Waals surface area contributed by atoms with Crippen LogP contribution in [-0.4, -0.2) is 40.7 Å². The fourth-order valence-corrected chi connectivity index (χ4v) is 3.24. The van der Waals surface area contributed by atoms with Crippen molar-refractivity contribution in [2.45, 2.75) is 63.3 Å². The first-order valence-electron chi connectivity index (χ1n) is 7.30. The number of thioether (sulfide) groups is 1. The Labute approximate surface area is 125 Å². The number of carboxylic acids is 1. The van der Waals surface area contributed by atoms with Crippen molar-refractivity contribution in [1.29, 1.82) is 0 Å². The van der Waals surface area contributed by atoms with Crippen molar-refractivity contribution in [2.75, 3.05) is 6.26 Å². The zero-order valence-corrected chi connectivity index (χ0v) is 13.3. The zero-order valence-electron chi connectivity index (χ0n) is 12.5. The molecule has 0 bridgehead atoms. The van der Waals surface area contributed by atoms with Gasteiger partial charge in [0.25, 0.3) is 0 Å². The molecule has 2 amide bonds. The van der Waals surface area contributed by atoms with Crippen molar-refractivity contribution in [3.63, 3.8) is 0 Å². The van der Waals surface area contributed by atoms with Gasteiger partial charge in [0.05, 0.1) is 0 Å². The molecule has 1 rings (SSSR count). The molecule has 0 spiro atoms. The van der Waals surface area contributed by atoms with Crippen molar-refractivity contribution in [1.82, 2.24) is 10.6 Å². The number of nitrogens with one attached hydrogen (secondary N) is 2. The van der Waals surface area contributed by atoms with E-state index in [-0.39, 0.29) is 18.0 Å². The number of hydrogen-bond donors (Lipinski definition) is 3. The largest absolute Gasteiger partial charge is 0.480 e. The van der Waals surface area contributed by atoms with Gasteiger partial charge in [-0.1, -0.05) is 20.3 Å². The average Bonchev–Trinajstić information content (AvgIpc) is 2.44. The number of carboxylic acid groups (broad SMARTS) is 1. The van der Waals surface area contributed by atoms with Crippen LogP contribution in [0.1, 0.15) is 46.0 Å². The Morgan fingerprint density at radius 2 is 1.90 bits per heavy atom. The molecule has 1 aliphatic carbocycles. The van der Waals surface area contributed by atoms with Gasteiger partial charge in [0, 0.05) is 11.3 Å². The first-order chi connectivity index (χ1) is 9.47. The Morgan fingerprint density at radius 1 is 1.30 bits per heavy atom. The topological polar surface area (TPSA) is 78.4 Å². The summed E-state index contributed by atoms with van der Waals surface area (Å²) in [6.07, 6.45) is 7.00. The van der Waals surface area contributed by atoms with Gasteiger partial charge < -0.3 is 15.7 Å². The molecule has 0 aliphatic heterocycles. The summed E-state index contributed by atoms with van der Waals surface area (Å²) in [7, 11) is 0. The Hall–Kier alpha value is -0.910. The molecule has 0 unspecified atom stereocenters. The highest BCUT2D eigenvalue weighted by molar-refractivity contribution is 7.99. The maximum absolute atomic E-state index is 11.9. The average molecular weight is 302 g/mol. The zero-order chi connectivity index (χ0) is 15.1. The number of carbonyl (C=O) groups excluding carboxylic acids is 1. The van der Waals surface area contributed by atoms with Gasteiger partial charge in [0.2, 0.25) is 0 Å². The monoisotopic (exact) mass is 302 g/mol. The molecule has 0 aromatic rings. The molecule has 5 nitrogen and oxygen atoms in total. The number of amides is 2. The fourth-order valence-electron chi connectivity index (χ4n) is 2.49. The van der Waals surface area contributed by atoms with Gasteiger partial charge >= 0.3 is 12.0 Å². The molecular formula is C14H26N2O3S. The highest BCUT2D eigenvalue weighted by atomic mass is 32.2. The summed E-state index contributed by atoms with van der Waals surface area (Å²) >= 11 is 1.88. The van der Waals surface area contributed by atoms with Gasteiger partial charge in [-0.3, -0.25) is 0 Å². The summed E-state index contributed by atoms with van der Waals surface area (Å²) in [4.78, 5) is 23.1. The third-order valence-electron chi connectivity index (χ3n) is 4.11. The maximum Gasteiger partial charge on any atom is 0.326 e. The van der Waals surface area contributed by atoms with Crippen LogP contribution in [-0.2, 0) is 4.79 Å². The Kier molecular flexibility index (Phi) is 7.19. The van der Waals surface area contributed by atoms with Crippen LogP contribution in [0.4, 0.5) is 4.79 Å². The summed E-state index contributed by atoms with van der Waals surface area (Å²) in [5, 5.41) is 15.3. The molecule has 0 heterocycles. The van der Waals surface area contributed by atoms with Gasteiger partial charge in [0.1, 0.15) is 6.04 Å². The minimum absolute atomic E-state index is 0.0783. The second-order valence-electron chi connectivity index (χ2n) is 5.53. The summed E-state index contributed by atoms with van der Waals surface area (Å²) in [6.45, 7) is 3.76. The van der Waals surface area contributed by atoms with E-state index in [1.54, 1.807) is 0 Å². The van der Waals surface area contributed by atoms with Crippen LogP contribution in [0.25, 0.3) is 0 Å². The van der Waals surface area contributed by atoms with Crippen LogP contribution in [0.3, 0.4) is 0 Å². The Bertz CT molecular complexity index is 330. The van der Waals surface area contributed by atoms with Crippen LogP contribution in [0.5, 0.6) is 0 Å². The van der Waals surface area contributed by atoms with Gasteiger partial charge in [0.15, 0.2) is 0 Å². The standard InChI is InChI=1S/C14H26N2O3S/c1-4-9(2)12(13(17)18)16-14(19)15-10-5-7-11(20-3)8-6-10/h9-12H,4-8H2,1-3H3,(H,17,18)(H2,15,16,19)/t9-,10?,11?,12-/m0/s1. The molecule has 0 aromatic carbocycles. The second kappa shape index (κ2) is 8.39. The van der Waals surface area contributed by atoms with E-state index in [2.05, 4.69) is 16.9 Å². The highest BCUT2D eigenvalue weighted by Crippen LogP contribution is 2.26. The number of hydrogen-bond acceptors (Lipinski definition) is 3. The number of carbonyl (C=O) groups is 2. The van der Waals surface area contributed by atoms with Crippen LogP contribution in [0.2, 0.25) is 0 Å². The second-order valence-corrected chi connectivity index (χ2v) is 6.67. The van der Waals surface area contributed by atoms with Crippen LogP contribution in [0, 0.1) is 5.92 Å². The van der Waals surface area contributed by atoms with E-state index in [4.69, 9.17) is 5.11 Å². The van der Waals surface area contributed by atoms with E-state index in [1.807, 2.05) is 25.6 Å². The molecule has 0 aromatic heterocycles. The molecule has 20 heavy (non-hydrogen) atoms. The smallest absolute Gasteiger partial charge is 0.326 e. The minimum atomic E-state index is -0.972. The van der Waals surface area contributed by atoms with Crippen molar-refractivity contribution < 1.29 is 14.7 Å². The molecule has 116 valence electrons. The summed E-state index contributed by atoms with van der Waals surface area (Å²) in [5.41, 5.74) is 0. The van der Waals surface area contributed by atoms with E-state index in [1.165, 1.54) is 0 Å². The molecule has 1 aliphatic rings. The van der Waals surface area contributed by atoms with Crippen molar-refractivity contribution in [2.24, 2.45) is 5.92 Å². The van der Waals surface area contributed by atoms with Crippen molar-refractivity contribution in [3.05, 3.63) is 0 Å². The lowest BCUT2D eigenvalue weighted by atomic mass is 9.95. The van der Waals surface area contributed by atoms with Crippen LogP contribution in [0.15, 0.2) is 0 Å². The van der Waals surface area contributed by atoms with E-state index >= 15 is 0 Å². The van der Waals surface area contributed by atoms with Gasteiger partial charge in [-0.15, -0.1) is 0 Å². The van der Waals surface area contributed by atoms with E-state index in [0.717, 1.165) is 32.1 Å². The molecule has 1 fully saturated rings. The lowest BCUT2D eigenvalue weighted by Crippen LogP contribution is -2.51. The quantitative estimate of drug-likeness (QED) is 0.704. The van der Waals surface area contributed by atoms with Crippen molar-refractivity contribution >= 4 is 23.8 Å². The van der Waals surface area contributed by atoms with E-state index in [0.29, 0.717) is 5.25 Å². The van der Waals surface area contributed by atoms with Crippen LogP contribution < -0.4 is 10.6 Å². The van der Waals surface area contributed by atoms with E-state index in [9.17, 15) is 9.59 Å². The van der Waals surface area contributed by atoms with Crippen LogP contribution >= 0.6 is 11.8 Å². The first kappa shape index (κ1) is 17.1.